The maximum Gasteiger partial charge on any atom is 3.00 e. The second kappa shape index (κ2) is 83.9. The summed E-state index contributed by atoms with van der Waals surface area (Å²) >= 11 is 0. The van der Waals surface area contributed by atoms with Gasteiger partial charge in [0.15, 0.2) is 0 Å². The number of hydrogen-bond donors (Lipinski definition) is 0. The van der Waals surface area contributed by atoms with Gasteiger partial charge in [0.2, 0.25) is 0 Å². The molecule has 0 bridgehead atoms. The zero-order valence-corrected chi connectivity index (χ0v) is 10.3. The molecule has 0 heterocycles. The Labute approximate surface area is 92.9 Å². The minimum Gasteiger partial charge on any atom is -1.00 e. The van der Waals surface area contributed by atoms with Crippen LogP contribution in [0.15, 0.2) is 0 Å². The molecule has 0 aromatic heterocycles. The van der Waals surface area contributed by atoms with E-state index in [0.717, 1.165) is 0 Å². The first kappa shape index (κ1) is 122. The van der Waals surface area contributed by atoms with E-state index in [1.165, 1.54) is 0 Å². The summed E-state index contributed by atoms with van der Waals surface area (Å²) in [5.74, 6) is 0. The maximum absolute atomic E-state index is 0. The van der Waals surface area contributed by atoms with Gasteiger partial charge in [0, 0.05) is 0 Å². The zero-order chi connectivity index (χ0) is 0. The molecular weight excluding hydrogens is 402 g/mol. The molecule has 0 amide bonds. The van der Waals surface area contributed by atoms with E-state index in [2.05, 4.69) is 0 Å². The molecule has 0 aromatic rings. The number of rotatable bonds is 0. The van der Waals surface area contributed by atoms with Gasteiger partial charge in [0.1, 0.15) is 0 Å². The van der Waals surface area contributed by atoms with Crippen molar-refractivity contribution in [3.05, 3.63) is 0 Å². The third kappa shape index (κ3) is 62.5. The average molecular weight is 406 g/mol. The largest absolute Gasteiger partial charge is 3.00 e. The van der Waals surface area contributed by atoms with Crippen LogP contribution in [-0.2, 0) is 5.48 Å². The second-order valence-electron chi connectivity index (χ2n) is 0. The summed E-state index contributed by atoms with van der Waals surface area (Å²) in [6.45, 7) is 0. The van der Waals surface area contributed by atoms with Crippen LogP contribution in [0, 0.1) is 0 Å². The van der Waals surface area contributed by atoms with Gasteiger partial charge in [-0.1, -0.05) is 0 Å². The molecule has 2 radical (unpaired) electrons. The molecule has 0 aromatic carbocycles. The Kier molecular flexibility index (Phi) is 1460. The SMILES string of the molecule is [Bi+3].[Cl-].[Cl-].[Cl-].[Cl-].[Cl-].[OH4+2]. The summed E-state index contributed by atoms with van der Waals surface area (Å²) in [5.41, 5.74) is 0. The van der Waals surface area contributed by atoms with Crippen molar-refractivity contribution in [2.24, 2.45) is 0 Å². The standard InChI is InChI=1S/Bi.5ClH.H4O/h;5*1H;1H4/q+3;;;;;;+2/p-5. The molecule has 0 fully saturated rings. The molecule has 0 aliphatic heterocycles. The molecule has 4 N–H and O–H groups in total. The smallest absolute Gasteiger partial charge is 1.00 e. The maximum atomic E-state index is 0. The van der Waals surface area contributed by atoms with Gasteiger partial charge in [-0.15, -0.1) is 0 Å². The Morgan fingerprint density at radius 3 is 0.429 bits per heavy atom. The summed E-state index contributed by atoms with van der Waals surface area (Å²) in [7, 11) is 0. The summed E-state index contributed by atoms with van der Waals surface area (Å²) in [5, 5.41) is 0. The minimum atomic E-state index is 0. The van der Waals surface area contributed by atoms with Crippen LogP contribution in [0.1, 0.15) is 0 Å². The Hall–Kier alpha value is 2.29. The van der Waals surface area contributed by atoms with Crippen LogP contribution in [0.5, 0.6) is 0 Å². The predicted molar refractivity (Wildman–Crippen MR) is 12.0 cm³/mol. The van der Waals surface area contributed by atoms with Gasteiger partial charge in [0.25, 0.3) is 0 Å². The number of hydrogen-bond acceptors (Lipinski definition) is 0. The Balaban J connectivity index is 0. The summed E-state index contributed by atoms with van der Waals surface area (Å²) < 4.78 is 0. The molecule has 1 nitrogen and oxygen atoms in total. The van der Waals surface area contributed by atoms with E-state index in [4.69, 9.17) is 0 Å². The van der Waals surface area contributed by atoms with E-state index in [1.807, 2.05) is 0 Å². The summed E-state index contributed by atoms with van der Waals surface area (Å²) in [6.07, 6.45) is 0. The summed E-state index contributed by atoms with van der Waals surface area (Å²) in [6, 6.07) is 0. The molecule has 0 saturated carbocycles. The fraction of sp³-hybridized carbons (Fsp3) is 0. The molecule has 50 valence electrons. The molecule has 0 aliphatic rings. The van der Waals surface area contributed by atoms with Gasteiger partial charge in [-0.3, -0.25) is 0 Å². The van der Waals surface area contributed by atoms with Crippen LogP contribution in [0.3, 0.4) is 0 Å². The van der Waals surface area contributed by atoms with Crippen LogP contribution in [0.4, 0.5) is 0 Å². The molecule has 0 aliphatic carbocycles. The number of halogens is 5. The molecular formula is H4BiCl5O. The van der Waals surface area contributed by atoms with E-state index in [1.54, 1.807) is 0 Å². The third-order valence-corrected chi connectivity index (χ3v) is 0. The van der Waals surface area contributed by atoms with Gasteiger partial charge in [-0.2, -0.15) is 0 Å². The van der Waals surface area contributed by atoms with Gasteiger partial charge in [-0.05, 0) is 0 Å². The van der Waals surface area contributed by atoms with Crippen molar-refractivity contribution < 1.29 is 67.5 Å². The molecule has 0 atom stereocenters. The van der Waals surface area contributed by atoms with Gasteiger partial charge >= 0.3 is 26.2 Å². The van der Waals surface area contributed by atoms with Crippen molar-refractivity contribution in [3.63, 3.8) is 0 Å². The van der Waals surface area contributed by atoms with E-state index in [9.17, 15) is 0 Å². The Morgan fingerprint density at radius 2 is 0.429 bits per heavy atom. The fourth-order valence-electron chi connectivity index (χ4n) is 0. The monoisotopic (exact) mass is 404 g/mol. The quantitative estimate of drug-likeness (QED) is 0.359. The van der Waals surface area contributed by atoms with Gasteiger partial charge < -0.3 is 67.5 Å². The van der Waals surface area contributed by atoms with E-state index in [0.29, 0.717) is 0 Å². The minimum absolute atomic E-state index is 0. The van der Waals surface area contributed by atoms with Crippen molar-refractivity contribution >= 4 is 26.2 Å². The molecule has 0 saturated heterocycles. The van der Waals surface area contributed by atoms with Crippen LogP contribution in [0.25, 0.3) is 0 Å². The van der Waals surface area contributed by atoms with Crippen molar-refractivity contribution in [3.8, 4) is 0 Å². The van der Waals surface area contributed by atoms with E-state index >= 15 is 0 Å². The first-order valence-electron chi connectivity index (χ1n) is 0. The van der Waals surface area contributed by atoms with Crippen LogP contribution in [-0.4, -0.2) is 26.2 Å². The van der Waals surface area contributed by atoms with Crippen molar-refractivity contribution in [2.45, 2.75) is 0 Å². The zero-order valence-electron chi connectivity index (χ0n) is 3.04. The topological polar surface area (TPSA) is 34.5 Å². The molecule has 7 heteroatoms. The van der Waals surface area contributed by atoms with Crippen molar-refractivity contribution in [2.75, 3.05) is 0 Å². The fourth-order valence-corrected chi connectivity index (χ4v) is 0. The molecule has 0 rings (SSSR count). The van der Waals surface area contributed by atoms with Crippen molar-refractivity contribution in [1.82, 2.24) is 0 Å². The summed E-state index contributed by atoms with van der Waals surface area (Å²) in [4.78, 5) is 0. The van der Waals surface area contributed by atoms with Gasteiger partial charge in [-0.25, -0.2) is 0 Å². The van der Waals surface area contributed by atoms with Crippen LogP contribution >= 0.6 is 0 Å². The molecule has 0 unspecified atom stereocenters. The predicted octanol–water partition coefficient (Wildman–Crippen LogP) is -16.6. The molecule has 7 heavy (non-hydrogen) atoms. The third-order valence-electron chi connectivity index (χ3n) is 0. The Bertz CT molecular complexity index is 8.04. The first-order valence-corrected chi connectivity index (χ1v) is 0. The van der Waals surface area contributed by atoms with E-state index < -0.39 is 0 Å². The van der Waals surface area contributed by atoms with Crippen molar-refractivity contribution in [1.29, 1.82) is 0 Å². The normalized spacial score (nSPS) is 0. The van der Waals surface area contributed by atoms with Gasteiger partial charge in [0.05, 0.1) is 0 Å². The van der Waals surface area contributed by atoms with E-state index in [-0.39, 0.29) is 93.7 Å². The van der Waals surface area contributed by atoms with Crippen LogP contribution < -0.4 is 62.0 Å². The first-order chi connectivity index (χ1) is 0. The second-order valence-corrected chi connectivity index (χ2v) is 0. The molecule has 0 spiro atoms. The Morgan fingerprint density at radius 1 is 0.429 bits per heavy atom. The van der Waals surface area contributed by atoms with Crippen LogP contribution in [0.2, 0.25) is 0 Å². The average Bonchev–Trinajstić information content (AvgIpc) is 0.